The summed E-state index contributed by atoms with van der Waals surface area (Å²) < 4.78 is 22.8. The number of rotatable bonds is 2. The summed E-state index contributed by atoms with van der Waals surface area (Å²) in [5.41, 5.74) is -0.658. The van der Waals surface area contributed by atoms with E-state index < -0.39 is 15.4 Å². The van der Waals surface area contributed by atoms with Gasteiger partial charge in [-0.1, -0.05) is 0 Å². The molecule has 0 unspecified atom stereocenters. The van der Waals surface area contributed by atoms with Crippen LogP contribution in [0.25, 0.3) is 0 Å². The molecule has 100 valence electrons. The van der Waals surface area contributed by atoms with Crippen molar-refractivity contribution in [2.45, 2.75) is 25.8 Å². The number of nitrogens with one attached hydrogen (secondary N) is 2. The van der Waals surface area contributed by atoms with E-state index in [1.54, 1.807) is 6.92 Å². The van der Waals surface area contributed by atoms with Gasteiger partial charge >= 0.3 is 6.03 Å². The fourth-order valence-corrected chi connectivity index (χ4v) is 4.88. The summed E-state index contributed by atoms with van der Waals surface area (Å²) in [7, 11) is -3.01. The normalized spacial score (nSPS) is 25.9. The van der Waals surface area contributed by atoms with Gasteiger partial charge < -0.3 is 5.32 Å². The average molecular weight is 288 g/mol. The maximum absolute atomic E-state index is 11.8. The summed E-state index contributed by atoms with van der Waals surface area (Å²) in [4.78, 5) is 12.9. The van der Waals surface area contributed by atoms with Gasteiger partial charge in [-0.25, -0.2) is 13.2 Å². The lowest BCUT2D eigenvalue weighted by Crippen LogP contribution is -2.48. The van der Waals surface area contributed by atoms with Crippen molar-refractivity contribution in [2.75, 3.05) is 16.8 Å². The van der Waals surface area contributed by atoms with Gasteiger partial charge in [0, 0.05) is 4.88 Å². The Bertz CT molecular complexity index is 565. The summed E-state index contributed by atoms with van der Waals surface area (Å²) >= 11 is 1.48. The Hall–Kier alpha value is -1.08. The molecule has 0 saturated carbocycles. The van der Waals surface area contributed by atoms with Gasteiger partial charge in [-0.15, -0.1) is 11.3 Å². The Labute approximate surface area is 111 Å². The van der Waals surface area contributed by atoms with Crippen LogP contribution < -0.4 is 10.6 Å². The lowest BCUT2D eigenvalue weighted by atomic mass is 10.0. The zero-order valence-electron chi connectivity index (χ0n) is 10.3. The minimum Gasteiger partial charge on any atom is -0.332 e. The molecule has 0 bridgehead atoms. The number of urea groups is 1. The molecule has 1 aromatic rings. The maximum Gasteiger partial charge on any atom is 0.320 e. The predicted molar refractivity (Wildman–Crippen MR) is 72.9 cm³/mol. The molecule has 1 aliphatic heterocycles. The zero-order chi connectivity index (χ0) is 13.4. The van der Waals surface area contributed by atoms with Crippen LogP contribution in [-0.4, -0.2) is 31.5 Å². The van der Waals surface area contributed by atoms with Crippen LogP contribution in [0.1, 0.15) is 18.2 Å². The zero-order valence-corrected chi connectivity index (χ0v) is 12.0. The number of anilines is 1. The van der Waals surface area contributed by atoms with Gasteiger partial charge in [0.2, 0.25) is 0 Å². The van der Waals surface area contributed by atoms with Crippen LogP contribution in [0, 0.1) is 6.92 Å². The van der Waals surface area contributed by atoms with Crippen LogP contribution in [0.15, 0.2) is 12.1 Å². The van der Waals surface area contributed by atoms with Crippen molar-refractivity contribution < 1.29 is 13.2 Å². The molecule has 1 atom stereocenters. The van der Waals surface area contributed by atoms with Crippen molar-refractivity contribution in [3.63, 3.8) is 0 Å². The number of carbonyl (C=O) groups excluding carboxylic acids is 1. The Morgan fingerprint density at radius 2 is 2.17 bits per heavy atom. The third-order valence-corrected chi connectivity index (χ3v) is 5.71. The molecule has 1 saturated heterocycles. The highest BCUT2D eigenvalue weighted by atomic mass is 32.2. The third kappa shape index (κ3) is 3.23. The van der Waals surface area contributed by atoms with E-state index in [1.807, 2.05) is 19.1 Å². The van der Waals surface area contributed by atoms with Crippen LogP contribution >= 0.6 is 11.3 Å². The Morgan fingerprint density at radius 1 is 1.44 bits per heavy atom. The topological polar surface area (TPSA) is 75.3 Å². The molecule has 2 N–H and O–H groups in total. The smallest absolute Gasteiger partial charge is 0.320 e. The molecule has 2 heterocycles. The summed E-state index contributed by atoms with van der Waals surface area (Å²) in [6, 6.07) is 3.39. The van der Waals surface area contributed by atoms with Gasteiger partial charge in [0.15, 0.2) is 9.84 Å². The van der Waals surface area contributed by atoms with E-state index in [0.29, 0.717) is 6.42 Å². The van der Waals surface area contributed by atoms with Crippen molar-refractivity contribution in [2.24, 2.45) is 0 Å². The van der Waals surface area contributed by atoms with Crippen molar-refractivity contribution in [1.82, 2.24) is 5.32 Å². The monoisotopic (exact) mass is 288 g/mol. The number of hydrogen-bond acceptors (Lipinski definition) is 4. The van der Waals surface area contributed by atoms with E-state index in [1.165, 1.54) is 11.3 Å². The van der Waals surface area contributed by atoms with E-state index in [9.17, 15) is 13.2 Å². The molecule has 0 aromatic carbocycles. The molecule has 1 aliphatic rings. The molecule has 0 radical (unpaired) electrons. The van der Waals surface area contributed by atoms with Crippen molar-refractivity contribution in [3.05, 3.63) is 17.0 Å². The second kappa shape index (κ2) is 4.55. The summed E-state index contributed by atoms with van der Waals surface area (Å²) in [6.07, 6.45) is 0.465. The molecule has 1 aromatic heterocycles. The molecule has 2 amide bonds. The first kappa shape index (κ1) is 13.4. The van der Waals surface area contributed by atoms with Gasteiger partial charge in [-0.3, -0.25) is 5.32 Å². The molecule has 7 heteroatoms. The fraction of sp³-hybridized carbons (Fsp3) is 0.545. The summed E-state index contributed by atoms with van der Waals surface area (Å²) in [5, 5.41) is 6.22. The highest BCUT2D eigenvalue weighted by molar-refractivity contribution is 7.91. The van der Waals surface area contributed by atoms with Crippen LogP contribution in [0.4, 0.5) is 9.80 Å². The van der Waals surface area contributed by atoms with Gasteiger partial charge in [-0.05, 0) is 32.4 Å². The van der Waals surface area contributed by atoms with Crippen LogP contribution in [-0.2, 0) is 9.84 Å². The van der Waals surface area contributed by atoms with Gasteiger partial charge in [0.1, 0.15) is 0 Å². The van der Waals surface area contributed by atoms with Crippen molar-refractivity contribution in [1.29, 1.82) is 0 Å². The first-order valence-electron chi connectivity index (χ1n) is 5.64. The molecule has 0 spiro atoms. The lowest BCUT2D eigenvalue weighted by Gasteiger charge is -2.23. The van der Waals surface area contributed by atoms with Gasteiger partial charge in [-0.2, -0.15) is 0 Å². The van der Waals surface area contributed by atoms with E-state index in [0.717, 1.165) is 9.88 Å². The quantitative estimate of drug-likeness (QED) is 0.870. The third-order valence-electron chi connectivity index (χ3n) is 2.90. The van der Waals surface area contributed by atoms with E-state index >= 15 is 0 Å². The second-order valence-corrected chi connectivity index (χ2v) is 8.36. The van der Waals surface area contributed by atoms with E-state index in [4.69, 9.17) is 0 Å². The first-order valence-corrected chi connectivity index (χ1v) is 8.28. The Morgan fingerprint density at radius 3 is 2.67 bits per heavy atom. The SMILES string of the molecule is Cc1ccc(NC(=O)N[C@@]2(C)CCS(=O)(=O)C2)s1. The van der Waals surface area contributed by atoms with Gasteiger partial charge in [0.25, 0.3) is 0 Å². The maximum atomic E-state index is 11.8. The molecule has 0 aliphatic carbocycles. The van der Waals surface area contributed by atoms with Crippen molar-refractivity contribution >= 4 is 32.2 Å². The number of carbonyl (C=O) groups is 1. The average Bonchev–Trinajstić information content (AvgIpc) is 2.70. The molecule has 18 heavy (non-hydrogen) atoms. The van der Waals surface area contributed by atoms with Gasteiger partial charge in [0.05, 0.1) is 22.0 Å². The minimum absolute atomic E-state index is 0.0108. The number of aryl methyl sites for hydroxylation is 1. The summed E-state index contributed by atoms with van der Waals surface area (Å²) in [6.45, 7) is 3.72. The predicted octanol–water partition coefficient (Wildman–Crippen LogP) is 1.76. The first-order chi connectivity index (χ1) is 8.28. The Kier molecular flexibility index (Phi) is 3.37. The molecule has 5 nitrogen and oxygen atoms in total. The highest BCUT2D eigenvalue weighted by Gasteiger charge is 2.39. The van der Waals surface area contributed by atoms with Crippen molar-refractivity contribution in [3.8, 4) is 0 Å². The van der Waals surface area contributed by atoms with Crippen LogP contribution in [0.3, 0.4) is 0 Å². The summed E-state index contributed by atoms with van der Waals surface area (Å²) in [5.74, 6) is 0.152. The number of sulfone groups is 1. The Balaban J connectivity index is 1.96. The molecule has 2 rings (SSSR count). The number of amides is 2. The van der Waals surface area contributed by atoms with E-state index in [-0.39, 0.29) is 17.5 Å². The van der Waals surface area contributed by atoms with E-state index in [2.05, 4.69) is 10.6 Å². The minimum atomic E-state index is -3.01. The second-order valence-electron chi connectivity index (χ2n) is 4.89. The molecular formula is C11H16N2O3S2. The number of hydrogen-bond donors (Lipinski definition) is 2. The molecule has 1 fully saturated rings. The standard InChI is InChI=1S/C11H16N2O3S2/c1-8-3-4-9(17-8)12-10(14)13-11(2)5-6-18(15,16)7-11/h3-4H,5-7H2,1-2H3,(H2,12,13,14)/t11-/m0/s1. The molecular weight excluding hydrogens is 272 g/mol. The lowest BCUT2D eigenvalue weighted by molar-refractivity contribution is 0.242. The largest absolute Gasteiger partial charge is 0.332 e. The number of thiophene rings is 1. The van der Waals surface area contributed by atoms with Crippen LogP contribution in [0.5, 0.6) is 0 Å². The fourth-order valence-electron chi connectivity index (χ4n) is 2.03. The highest BCUT2D eigenvalue weighted by Crippen LogP contribution is 2.24. The van der Waals surface area contributed by atoms with Crippen LogP contribution in [0.2, 0.25) is 0 Å².